The summed E-state index contributed by atoms with van der Waals surface area (Å²) in [6.07, 6.45) is 2.74. The fourth-order valence-corrected chi connectivity index (χ4v) is 2.88. The van der Waals surface area contributed by atoms with Crippen LogP contribution in [0.4, 0.5) is 5.82 Å². The van der Waals surface area contributed by atoms with Crippen LogP contribution in [0.5, 0.6) is 0 Å². The Kier molecular flexibility index (Phi) is 3.18. The van der Waals surface area contributed by atoms with Crippen molar-refractivity contribution in [3.8, 4) is 0 Å². The molecule has 0 bridgehead atoms. The molecule has 0 radical (unpaired) electrons. The van der Waals surface area contributed by atoms with Crippen molar-refractivity contribution < 1.29 is 9.32 Å². The molecule has 1 aromatic carbocycles. The van der Waals surface area contributed by atoms with Gasteiger partial charge in [-0.1, -0.05) is 11.2 Å². The minimum absolute atomic E-state index is 0.115. The Morgan fingerprint density at radius 3 is 2.91 bits per heavy atom. The number of carbonyl (C=O) groups excluding carboxylic acids is 1. The van der Waals surface area contributed by atoms with E-state index in [1.54, 1.807) is 13.0 Å². The van der Waals surface area contributed by atoms with Gasteiger partial charge in [-0.05, 0) is 37.5 Å². The van der Waals surface area contributed by atoms with Crippen LogP contribution in [0.2, 0.25) is 0 Å². The molecule has 118 valence electrons. The molecule has 0 aliphatic heterocycles. The van der Waals surface area contributed by atoms with Crippen LogP contribution >= 0.6 is 0 Å². The predicted octanol–water partition coefficient (Wildman–Crippen LogP) is 2.93. The molecule has 2 heterocycles. The number of carbonyl (C=O) groups is 1. The van der Waals surface area contributed by atoms with Crippen LogP contribution in [0.15, 0.2) is 28.8 Å². The highest BCUT2D eigenvalue weighted by molar-refractivity contribution is 5.92. The molecule has 3 aromatic rings. The molecule has 1 fully saturated rings. The van der Waals surface area contributed by atoms with Gasteiger partial charge in [0.1, 0.15) is 11.6 Å². The van der Waals surface area contributed by atoms with Gasteiger partial charge in [0, 0.05) is 19.0 Å². The van der Waals surface area contributed by atoms with Gasteiger partial charge in [-0.15, -0.1) is 0 Å². The zero-order valence-electron chi connectivity index (χ0n) is 13.2. The Hall–Kier alpha value is -2.63. The zero-order valence-corrected chi connectivity index (χ0v) is 13.2. The average Bonchev–Trinajstić information content (AvgIpc) is 3.20. The van der Waals surface area contributed by atoms with Crippen molar-refractivity contribution in [2.75, 3.05) is 5.32 Å². The summed E-state index contributed by atoms with van der Waals surface area (Å²) >= 11 is 0. The average molecular weight is 310 g/mol. The number of nitrogens with zero attached hydrogens (tertiary/aromatic N) is 3. The van der Waals surface area contributed by atoms with E-state index in [1.165, 1.54) is 12.8 Å². The second kappa shape index (κ2) is 5.22. The van der Waals surface area contributed by atoms with Crippen LogP contribution in [0, 0.1) is 6.92 Å². The fraction of sp³-hybridized carbons (Fsp3) is 0.353. The summed E-state index contributed by atoms with van der Waals surface area (Å²) in [6.45, 7) is 1.79. The van der Waals surface area contributed by atoms with E-state index < -0.39 is 0 Å². The lowest BCUT2D eigenvalue weighted by atomic mass is 10.1. The molecule has 1 amide bonds. The number of aryl methyl sites for hydroxylation is 2. The SMILES string of the molecule is Cc1cc(NC(=O)Cc2ccc3c(c2)nc(C2CC2)n3C)no1. The van der Waals surface area contributed by atoms with Gasteiger partial charge in [-0.2, -0.15) is 0 Å². The fourth-order valence-electron chi connectivity index (χ4n) is 2.88. The summed E-state index contributed by atoms with van der Waals surface area (Å²) in [5, 5.41) is 6.50. The minimum atomic E-state index is -0.115. The number of imidazole rings is 1. The molecule has 0 saturated heterocycles. The first-order valence-corrected chi connectivity index (χ1v) is 7.78. The number of rotatable bonds is 4. The minimum Gasteiger partial charge on any atom is -0.360 e. The van der Waals surface area contributed by atoms with Gasteiger partial charge in [0.15, 0.2) is 5.82 Å². The molecule has 1 N–H and O–H groups in total. The smallest absolute Gasteiger partial charge is 0.230 e. The normalized spacial score (nSPS) is 14.3. The van der Waals surface area contributed by atoms with Crippen LogP contribution in [-0.2, 0) is 18.3 Å². The number of hydrogen-bond donors (Lipinski definition) is 1. The molecule has 6 heteroatoms. The van der Waals surface area contributed by atoms with Gasteiger partial charge >= 0.3 is 0 Å². The monoisotopic (exact) mass is 310 g/mol. The lowest BCUT2D eigenvalue weighted by molar-refractivity contribution is -0.115. The van der Waals surface area contributed by atoms with Crippen molar-refractivity contribution in [2.24, 2.45) is 7.05 Å². The van der Waals surface area contributed by atoms with Gasteiger partial charge in [-0.3, -0.25) is 4.79 Å². The first-order chi connectivity index (χ1) is 11.1. The van der Waals surface area contributed by atoms with Gasteiger partial charge < -0.3 is 14.4 Å². The molecule has 4 rings (SSSR count). The second-order valence-electron chi connectivity index (χ2n) is 6.17. The van der Waals surface area contributed by atoms with E-state index >= 15 is 0 Å². The lowest BCUT2D eigenvalue weighted by Crippen LogP contribution is -2.14. The van der Waals surface area contributed by atoms with Gasteiger partial charge in [-0.25, -0.2) is 4.98 Å². The number of fused-ring (bicyclic) bond motifs is 1. The van der Waals surface area contributed by atoms with E-state index in [0.29, 0.717) is 17.5 Å². The molecule has 6 nitrogen and oxygen atoms in total. The topological polar surface area (TPSA) is 73.0 Å². The summed E-state index contributed by atoms with van der Waals surface area (Å²) in [6, 6.07) is 7.71. The van der Waals surface area contributed by atoms with Crippen LogP contribution in [0.25, 0.3) is 11.0 Å². The van der Waals surface area contributed by atoms with E-state index in [-0.39, 0.29) is 12.3 Å². The molecule has 0 spiro atoms. The Labute approximate surface area is 133 Å². The third-order valence-electron chi connectivity index (χ3n) is 4.18. The Morgan fingerprint density at radius 1 is 1.39 bits per heavy atom. The van der Waals surface area contributed by atoms with Gasteiger partial charge in [0.25, 0.3) is 0 Å². The number of nitrogens with one attached hydrogen (secondary N) is 1. The third kappa shape index (κ3) is 2.72. The highest BCUT2D eigenvalue weighted by Gasteiger charge is 2.28. The Bertz CT molecular complexity index is 889. The molecule has 1 saturated carbocycles. The third-order valence-corrected chi connectivity index (χ3v) is 4.18. The zero-order chi connectivity index (χ0) is 16.0. The highest BCUT2D eigenvalue weighted by atomic mass is 16.5. The van der Waals surface area contributed by atoms with Gasteiger partial charge in [0.2, 0.25) is 5.91 Å². The maximum Gasteiger partial charge on any atom is 0.230 e. The number of amides is 1. The predicted molar refractivity (Wildman–Crippen MR) is 86.3 cm³/mol. The number of hydrogen-bond acceptors (Lipinski definition) is 4. The largest absolute Gasteiger partial charge is 0.360 e. The van der Waals surface area contributed by atoms with E-state index in [2.05, 4.69) is 22.1 Å². The highest BCUT2D eigenvalue weighted by Crippen LogP contribution is 2.40. The maximum atomic E-state index is 12.1. The first-order valence-electron chi connectivity index (χ1n) is 7.78. The van der Waals surface area contributed by atoms with E-state index in [1.807, 2.05) is 18.2 Å². The summed E-state index contributed by atoms with van der Waals surface area (Å²) in [4.78, 5) is 16.8. The van der Waals surface area contributed by atoms with E-state index in [4.69, 9.17) is 9.51 Å². The number of aromatic nitrogens is 3. The van der Waals surface area contributed by atoms with Crippen LogP contribution < -0.4 is 5.32 Å². The quantitative estimate of drug-likeness (QED) is 0.804. The summed E-state index contributed by atoms with van der Waals surface area (Å²) in [5.41, 5.74) is 3.01. The van der Waals surface area contributed by atoms with E-state index in [0.717, 1.165) is 22.4 Å². The number of benzene rings is 1. The molecule has 2 aromatic heterocycles. The molecule has 1 aliphatic rings. The lowest BCUT2D eigenvalue weighted by Gasteiger charge is -2.03. The summed E-state index contributed by atoms with van der Waals surface area (Å²) in [7, 11) is 2.06. The molecular weight excluding hydrogens is 292 g/mol. The van der Waals surface area contributed by atoms with Crippen molar-refractivity contribution in [1.29, 1.82) is 0 Å². The molecular formula is C17H18N4O2. The maximum absolute atomic E-state index is 12.1. The van der Waals surface area contributed by atoms with Crippen molar-refractivity contribution in [1.82, 2.24) is 14.7 Å². The van der Waals surface area contributed by atoms with E-state index in [9.17, 15) is 4.79 Å². The molecule has 0 unspecified atom stereocenters. The summed E-state index contributed by atoms with van der Waals surface area (Å²) < 4.78 is 7.10. The summed E-state index contributed by atoms with van der Waals surface area (Å²) in [5.74, 6) is 2.76. The van der Waals surface area contributed by atoms with Crippen LogP contribution in [0.1, 0.15) is 35.9 Å². The standard InChI is InChI=1S/C17H18N4O2/c1-10-7-15(20-23-10)19-16(22)9-11-3-6-14-13(8-11)18-17(21(14)2)12-4-5-12/h3,6-8,12H,4-5,9H2,1-2H3,(H,19,20,22). The first kappa shape index (κ1) is 14.0. The molecule has 1 aliphatic carbocycles. The Balaban J connectivity index is 1.53. The number of anilines is 1. The van der Waals surface area contributed by atoms with Crippen LogP contribution in [-0.4, -0.2) is 20.6 Å². The van der Waals surface area contributed by atoms with Crippen molar-refractivity contribution in [3.05, 3.63) is 41.4 Å². The van der Waals surface area contributed by atoms with Crippen molar-refractivity contribution >= 4 is 22.8 Å². The van der Waals surface area contributed by atoms with Crippen LogP contribution in [0.3, 0.4) is 0 Å². The molecule has 23 heavy (non-hydrogen) atoms. The van der Waals surface area contributed by atoms with Crippen molar-refractivity contribution in [3.63, 3.8) is 0 Å². The second-order valence-corrected chi connectivity index (χ2v) is 6.17. The van der Waals surface area contributed by atoms with Gasteiger partial charge in [0.05, 0.1) is 17.5 Å². The van der Waals surface area contributed by atoms with Crippen molar-refractivity contribution in [2.45, 2.75) is 32.1 Å². The Morgan fingerprint density at radius 2 is 2.22 bits per heavy atom. The molecule has 0 atom stereocenters.